The molecule has 4 nitrogen and oxygen atoms in total. The normalized spacial score (nSPS) is 20.7. The van der Waals surface area contributed by atoms with Crippen LogP contribution >= 0.6 is 0 Å². The largest absolute Gasteiger partial charge is 0.322 e. The van der Waals surface area contributed by atoms with Crippen LogP contribution in [0.2, 0.25) is 0 Å². The highest BCUT2D eigenvalue weighted by atomic mass is 16.2. The number of nitrogens with zero attached hydrogens (tertiary/aromatic N) is 1. The van der Waals surface area contributed by atoms with E-state index in [1.165, 1.54) is 0 Å². The van der Waals surface area contributed by atoms with Crippen LogP contribution in [0, 0.1) is 12.8 Å². The molecule has 2 aromatic carbocycles. The lowest BCUT2D eigenvalue weighted by atomic mass is 9.77. The van der Waals surface area contributed by atoms with Gasteiger partial charge in [0.05, 0.1) is 5.92 Å². The summed E-state index contributed by atoms with van der Waals surface area (Å²) in [6.45, 7) is 3.89. The summed E-state index contributed by atoms with van der Waals surface area (Å²) in [5.41, 5.74) is 4.18. The number of hydrogen-bond acceptors (Lipinski definition) is 3. The number of ketones is 1. The number of aryl methyl sites for hydroxylation is 1. The molecule has 2 aliphatic heterocycles. The number of hydrogen-bond donors (Lipinski definition) is 1. The third-order valence-corrected chi connectivity index (χ3v) is 5.69. The molecule has 2 aliphatic rings. The van der Waals surface area contributed by atoms with Crippen molar-refractivity contribution in [1.82, 2.24) is 4.90 Å². The number of carbonyl (C=O) groups excluding carboxylic acids is 2. The molecule has 1 fully saturated rings. The number of amides is 1. The number of nitrogens with one attached hydrogen (secondary N) is 1. The number of benzene rings is 2. The van der Waals surface area contributed by atoms with Crippen molar-refractivity contribution in [2.24, 2.45) is 5.92 Å². The van der Waals surface area contributed by atoms with E-state index in [2.05, 4.69) is 17.3 Å². The molecule has 1 atom stereocenters. The number of piperidine rings is 1. The second-order valence-corrected chi connectivity index (χ2v) is 7.55. The molecule has 4 heteroatoms. The van der Waals surface area contributed by atoms with E-state index in [0.717, 1.165) is 48.3 Å². The van der Waals surface area contributed by atoms with Crippen molar-refractivity contribution in [3.8, 4) is 0 Å². The van der Waals surface area contributed by atoms with Gasteiger partial charge in [-0.3, -0.25) is 9.59 Å². The predicted octanol–water partition coefficient (Wildman–Crippen LogP) is 3.60. The van der Waals surface area contributed by atoms with Gasteiger partial charge in [0.1, 0.15) is 5.78 Å². The van der Waals surface area contributed by atoms with Crippen molar-refractivity contribution < 1.29 is 9.59 Å². The van der Waals surface area contributed by atoms with Gasteiger partial charge in [-0.05, 0) is 68.7 Å². The fourth-order valence-corrected chi connectivity index (χ4v) is 4.18. The summed E-state index contributed by atoms with van der Waals surface area (Å²) in [6.07, 6.45) is 1.77. The Bertz CT molecular complexity index is 866. The quantitative estimate of drug-likeness (QED) is 0.902. The number of rotatable bonds is 2. The maximum Gasteiger partial charge on any atom is 0.255 e. The summed E-state index contributed by atoms with van der Waals surface area (Å²) in [6, 6.07) is 13.5. The average Bonchev–Trinajstić information content (AvgIpc) is 2.76. The van der Waals surface area contributed by atoms with E-state index < -0.39 is 0 Å². The topological polar surface area (TPSA) is 49.4 Å². The number of fused-ring (bicyclic) bond motifs is 2. The molecule has 0 aliphatic carbocycles. The first-order valence-corrected chi connectivity index (χ1v) is 9.27. The van der Waals surface area contributed by atoms with Crippen LogP contribution in [0.1, 0.15) is 45.8 Å². The van der Waals surface area contributed by atoms with Crippen molar-refractivity contribution >= 4 is 17.4 Å². The summed E-state index contributed by atoms with van der Waals surface area (Å²) >= 11 is 0. The molecule has 1 unspecified atom stereocenters. The fourth-order valence-electron chi connectivity index (χ4n) is 4.18. The minimum Gasteiger partial charge on any atom is -0.322 e. The van der Waals surface area contributed by atoms with Gasteiger partial charge < -0.3 is 10.2 Å². The van der Waals surface area contributed by atoms with Crippen molar-refractivity contribution in [3.05, 3.63) is 64.7 Å². The highest BCUT2D eigenvalue weighted by molar-refractivity contribution is 6.10. The Labute approximate surface area is 154 Å². The lowest BCUT2D eigenvalue weighted by molar-refractivity contribution is -0.124. The van der Waals surface area contributed by atoms with Crippen molar-refractivity contribution in [2.75, 3.05) is 25.5 Å². The molecule has 1 amide bonds. The molecular formula is C22H24N2O2. The molecule has 1 N–H and O–H groups in total. The molecule has 1 saturated heterocycles. The molecule has 134 valence electrons. The Kier molecular flexibility index (Phi) is 4.37. The molecule has 2 aromatic rings. The predicted molar refractivity (Wildman–Crippen MR) is 103 cm³/mol. The van der Waals surface area contributed by atoms with E-state index in [1.54, 1.807) is 0 Å². The molecule has 0 bridgehead atoms. The molecule has 26 heavy (non-hydrogen) atoms. The van der Waals surface area contributed by atoms with Crippen LogP contribution in [0.3, 0.4) is 0 Å². The molecular weight excluding hydrogens is 324 g/mol. The summed E-state index contributed by atoms with van der Waals surface area (Å²) < 4.78 is 0. The Morgan fingerprint density at radius 1 is 1.08 bits per heavy atom. The second kappa shape index (κ2) is 6.69. The monoisotopic (exact) mass is 348 g/mol. The SMILES string of the molecule is Cc1ccc2c(c1)NC(=O)c1ccccc1C2C(=O)C1CCN(C)CC1. The highest BCUT2D eigenvalue weighted by Crippen LogP contribution is 2.39. The zero-order valence-corrected chi connectivity index (χ0v) is 15.3. The molecule has 0 aromatic heterocycles. The minimum absolute atomic E-state index is 0.0478. The van der Waals surface area contributed by atoms with E-state index in [-0.39, 0.29) is 23.5 Å². The van der Waals surface area contributed by atoms with Gasteiger partial charge in [-0.1, -0.05) is 30.3 Å². The van der Waals surface area contributed by atoms with Gasteiger partial charge in [0, 0.05) is 17.2 Å². The highest BCUT2D eigenvalue weighted by Gasteiger charge is 2.36. The number of Topliss-reactive ketones (excluding diaryl/α,β-unsaturated/α-hetero) is 1. The van der Waals surface area contributed by atoms with Crippen molar-refractivity contribution in [3.63, 3.8) is 0 Å². The van der Waals surface area contributed by atoms with Crippen LogP contribution in [0.25, 0.3) is 0 Å². The summed E-state index contributed by atoms with van der Waals surface area (Å²) in [7, 11) is 2.10. The van der Waals surface area contributed by atoms with E-state index in [1.807, 2.05) is 49.4 Å². The Balaban J connectivity index is 1.83. The standard InChI is InChI=1S/C22H24N2O2/c1-14-7-8-18-19(13-14)23-22(26)17-6-4-3-5-16(17)20(18)21(25)15-9-11-24(2)12-10-15/h3-8,13,15,20H,9-12H2,1-2H3,(H,23,26). The maximum atomic E-state index is 13.6. The first-order valence-electron chi connectivity index (χ1n) is 9.27. The van der Waals surface area contributed by atoms with Crippen molar-refractivity contribution in [1.29, 1.82) is 0 Å². The number of anilines is 1. The van der Waals surface area contributed by atoms with Crippen molar-refractivity contribution in [2.45, 2.75) is 25.7 Å². The lowest BCUT2D eigenvalue weighted by Gasteiger charge is -2.31. The molecule has 0 radical (unpaired) electrons. The zero-order valence-electron chi connectivity index (χ0n) is 15.3. The van der Waals surface area contributed by atoms with E-state index in [9.17, 15) is 9.59 Å². The summed E-state index contributed by atoms with van der Waals surface area (Å²) in [5.74, 6) is -0.223. The van der Waals surface area contributed by atoms with Gasteiger partial charge >= 0.3 is 0 Å². The lowest BCUT2D eigenvalue weighted by Crippen LogP contribution is -2.35. The summed E-state index contributed by atoms with van der Waals surface area (Å²) in [4.78, 5) is 28.6. The number of likely N-dealkylation sites (tertiary alicyclic amines) is 1. The Hall–Kier alpha value is -2.46. The smallest absolute Gasteiger partial charge is 0.255 e. The Morgan fingerprint density at radius 3 is 2.58 bits per heavy atom. The van der Waals surface area contributed by atoms with Crippen LogP contribution in [-0.2, 0) is 4.79 Å². The first kappa shape index (κ1) is 17.0. The van der Waals surface area contributed by atoms with Gasteiger partial charge in [0.25, 0.3) is 5.91 Å². The third-order valence-electron chi connectivity index (χ3n) is 5.69. The van der Waals surface area contributed by atoms with Gasteiger partial charge in [-0.25, -0.2) is 0 Å². The van der Waals surface area contributed by atoms with Gasteiger partial charge in [0.2, 0.25) is 0 Å². The van der Waals surface area contributed by atoms with E-state index in [0.29, 0.717) is 5.56 Å². The van der Waals surface area contributed by atoms with Gasteiger partial charge in [0.15, 0.2) is 0 Å². The molecule has 0 saturated carbocycles. The van der Waals surface area contributed by atoms with Crippen LogP contribution in [0.5, 0.6) is 0 Å². The van der Waals surface area contributed by atoms with E-state index in [4.69, 9.17) is 0 Å². The van der Waals surface area contributed by atoms with Crippen LogP contribution in [0.4, 0.5) is 5.69 Å². The maximum absolute atomic E-state index is 13.6. The minimum atomic E-state index is -0.380. The van der Waals surface area contributed by atoms with Gasteiger partial charge in [-0.2, -0.15) is 0 Å². The average molecular weight is 348 g/mol. The zero-order chi connectivity index (χ0) is 18.3. The van der Waals surface area contributed by atoms with E-state index >= 15 is 0 Å². The molecule has 4 rings (SSSR count). The van der Waals surface area contributed by atoms with Crippen LogP contribution in [-0.4, -0.2) is 36.7 Å². The van der Waals surface area contributed by atoms with Crippen LogP contribution < -0.4 is 5.32 Å². The summed E-state index contributed by atoms with van der Waals surface area (Å²) in [5, 5.41) is 3.01. The Morgan fingerprint density at radius 2 is 1.81 bits per heavy atom. The second-order valence-electron chi connectivity index (χ2n) is 7.55. The third kappa shape index (κ3) is 2.95. The number of carbonyl (C=O) groups is 2. The van der Waals surface area contributed by atoms with Gasteiger partial charge in [-0.15, -0.1) is 0 Å². The first-order chi connectivity index (χ1) is 12.5. The fraction of sp³-hybridized carbons (Fsp3) is 0.364. The van der Waals surface area contributed by atoms with Crippen LogP contribution in [0.15, 0.2) is 42.5 Å². The molecule has 2 heterocycles. The molecule has 0 spiro atoms.